The zero-order valence-electron chi connectivity index (χ0n) is 19.9. The molecule has 3 aromatic rings. The van der Waals surface area contributed by atoms with Gasteiger partial charge in [0.2, 0.25) is 0 Å². The SMILES string of the molecule is CCC(C)NC(=O)c1cccc(CSc2nc(Cl)cc(N3CCN(c4ccccc4F)CC3)n2)c1. The lowest BCUT2D eigenvalue weighted by Crippen LogP contribution is -2.47. The van der Waals surface area contributed by atoms with Crippen molar-refractivity contribution in [2.45, 2.75) is 37.2 Å². The van der Waals surface area contributed by atoms with Gasteiger partial charge in [0.25, 0.3) is 5.91 Å². The molecular formula is C26H29ClFN5OS. The van der Waals surface area contributed by atoms with Gasteiger partial charge in [0.15, 0.2) is 5.16 Å². The van der Waals surface area contributed by atoms with Crippen molar-refractivity contribution in [3.63, 3.8) is 0 Å². The second kappa shape index (κ2) is 11.7. The second-order valence-corrected chi connectivity index (χ2v) is 9.86. The van der Waals surface area contributed by atoms with Crippen molar-refractivity contribution < 1.29 is 9.18 Å². The van der Waals surface area contributed by atoms with Gasteiger partial charge in [-0.15, -0.1) is 0 Å². The van der Waals surface area contributed by atoms with E-state index in [1.165, 1.54) is 17.8 Å². The molecule has 0 spiro atoms. The lowest BCUT2D eigenvalue weighted by Gasteiger charge is -2.36. The summed E-state index contributed by atoms with van der Waals surface area (Å²) in [5, 5.41) is 3.96. The first kappa shape index (κ1) is 25.3. The van der Waals surface area contributed by atoms with E-state index in [0.717, 1.165) is 17.8 Å². The van der Waals surface area contributed by atoms with Crippen LogP contribution in [0.4, 0.5) is 15.9 Å². The van der Waals surface area contributed by atoms with Gasteiger partial charge in [-0.2, -0.15) is 0 Å². The molecule has 0 bridgehead atoms. The number of hydrogen-bond donors (Lipinski definition) is 1. The first-order valence-electron chi connectivity index (χ1n) is 11.7. The molecule has 0 radical (unpaired) electrons. The van der Waals surface area contributed by atoms with Gasteiger partial charge in [0.05, 0.1) is 5.69 Å². The largest absolute Gasteiger partial charge is 0.366 e. The summed E-state index contributed by atoms with van der Waals surface area (Å²) < 4.78 is 14.1. The summed E-state index contributed by atoms with van der Waals surface area (Å²) in [7, 11) is 0. The standard InChI is InChI=1S/C26H29ClFN5OS/c1-3-18(2)29-25(34)20-8-6-7-19(15-20)17-35-26-30-23(27)16-24(31-26)33-13-11-32(12-14-33)22-10-5-4-9-21(22)28/h4-10,15-16,18H,3,11-14,17H2,1-2H3,(H,29,34). The second-order valence-electron chi connectivity index (χ2n) is 8.53. The maximum Gasteiger partial charge on any atom is 0.251 e. The minimum absolute atomic E-state index is 0.0676. The normalized spacial score (nSPS) is 14.6. The fraction of sp³-hybridized carbons (Fsp3) is 0.346. The van der Waals surface area contributed by atoms with Crippen molar-refractivity contribution in [1.29, 1.82) is 0 Å². The predicted octanol–water partition coefficient (Wildman–Crippen LogP) is 5.42. The fourth-order valence-corrected chi connectivity index (χ4v) is 4.88. The summed E-state index contributed by atoms with van der Waals surface area (Å²) in [5.74, 6) is 1.11. The lowest BCUT2D eigenvalue weighted by molar-refractivity contribution is 0.0939. The van der Waals surface area contributed by atoms with E-state index in [-0.39, 0.29) is 17.8 Å². The average Bonchev–Trinajstić information content (AvgIpc) is 2.87. The molecule has 1 atom stereocenters. The van der Waals surface area contributed by atoms with Gasteiger partial charge in [-0.3, -0.25) is 4.79 Å². The Bertz CT molecular complexity index is 1170. The van der Waals surface area contributed by atoms with Crippen molar-refractivity contribution in [3.05, 3.63) is 76.7 Å². The molecule has 1 saturated heterocycles. The Morgan fingerprint density at radius 1 is 1.09 bits per heavy atom. The van der Waals surface area contributed by atoms with Gasteiger partial charge in [0.1, 0.15) is 16.8 Å². The molecule has 9 heteroatoms. The minimum Gasteiger partial charge on any atom is -0.366 e. The minimum atomic E-state index is -0.203. The summed E-state index contributed by atoms with van der Waals surface area (Å²) in [6.07, 6.45) is 0.883. The molecule has 1 amide bonds. The van der Waals surface area contributed by atoms with Crippen LogP contribution in [0, 0.1) is 5.82 Å². The Kier molecular flexibility index (Phi) is 8.46. The van der Waals surface area contributed by atoms with Crippen LogP contribution in [-0.4, -0.2) is 48.1 Å². The van der Waals surface area contributed by atoms with Crippen LogP contribution in [0.5, 0.6) is 0 Å². The maximum absolute atomic E-state index is 14.1. The Morgan fingerprint density at radius 2 is 1.83 bits per heavy atom. The van der Waals surface area contributed by atoms with Gasteiger partial charge >= 0.3 is 0 Å². The number of hydrogen-bond acceptors (Lipinski definition) is 6. The van der Waals surface area contributed by atoms with Crippen LogP contribution in [0.15, 0.2) is 59.8 Å². The monoisotopic (exact) mass is 513 g/mol. The number of carbonyl (C=O) groups excluding carboxylic acids is 1. The molecule has 2 heterocycles. The third-order valence-corrected chi connectivity index (χ3v) is 7.12. The Morgan fingerprint density at radius 3 is 2.57 bits per heavy atom. The number of amides is 1. The quantitative estimate of drug-likeness (QED) is 0.247. The number of nitrogens with one attached hydrogen (secondary N) is 1. The van der Waals surface area contributed by atoms with E-state index in [4.69, 9.17) is 16.6 Å². The zero-order valence-corrected chi connectivity index (χ0v) is 21.4. The summed E-state index contributed by atoms with van der Waals surface area (Å²) in [6.45, 7) is 6.83. The summed E-state index contributed by atoms with van der Waals surface area (Å²) >= 11 is 7.80. The first-order valence-corrected chi connectivity index (χ1v) is 13.1. The highest BCUT2D eigenvalue weighted by atomic mass is 35.5. The molecule has 184 valence electrons. The number of aromatic nitrogens is 2. The van der Waals surface area contributed by atoms with Crippen LogP contribution in [0.3, 0.4) is 0 Å². The molecule has 1 unspecified atom stereocenters. The smallest absolute Gasteiger partial charge is 0.251 e. The number of piperazine rings is 1. The fourth-order valence-electron chi connectivity index (χ4n) is 3.86. The Labute approximate surface area is 214 Å². The number of rotatable bonds is 8. The number of nitrogens with zero attached hydrogens (tertiary/aromatic N) is 4. The summed E-state index contributed by atoms with van der Waals surface area (Å²) in [4.78, 5) is 25.7. The molecule has 1 aromatic heterocycles. The van der Waals surface area contributed by atoms with Crippen molar-refractivity contribution in [1.82, 2.24) is 15.3 Å². The Balaban J connectivity index is 1.38. The number of para-hydroxylation sites is 1. The van der Waals surface area contributed by atoms with E-state index < -0.39 is 0 Å². The van der Waals surface area contributed by atoms with Crippen LogP contribution in [-0.2, 0) is 5.75 Å². The van der Waals surface area contributed by atoms with E-state index in [2.05, 4.69) is 20.1 Å². The number of carbonyl (C=O) groups is 1. The molecule has 0 aliphatic carbocycles. The number of thioether (sulfide) groups is 1. The molecule has 1 aliphatic heterocycles. The molecule has 35 heavy (non-hydrogen) atoms. The van der Waals surface area contributed by atoms with Crippen LogP contribution in [0.1, 0.15) is 36.2 Å². The van der Waals surface area contributed by atoms with Gasteiger partial charge in [-0.05, 0) is 43.2 Å². The first-order chi connectivity index (χ1) is 16.9. The van der Waals surface area contributed by atoms with E-state index in [1.54, 1.807) is 12.1 Å². The molecule has 4 rings (SSSR count). The molecule has 1 fully saturated rings. The van der Waals surface area contributed by atoms with Crippen molar-refractivity contribution in [3.8, 4) is 0 Å². The van der Waals surface area contributed by atoms with E-state index in [9.17, 15) is 9.18 Å². The highest BCUT2D eigenvalue weighted by Gasteiger charge is 2.21. The van der Waals surface area contributed by atoms with Crippen LogP contribution < -0.4 is 15.1 Å². The predicted molar refractivity (Wildman–Crippen MR) is 141 cm³/mol. The van der Waals surface area contributed by atoms with Crippen LogP contribution >= 0.6 is 23.4 Å². The van der Waals surface area contributed by atoms with Crippen LogP contribution in [0.2, 0.25) is 5.15 Å². The molecule has 1 aliphatic rings. The van der Waals surface area contributed by atoms with E-state index >= 15 is 0 Å². The zero-order chi connectivity index (χ0) is 24.8. The van der Waals surface area contributed by atoms with Gasteiger partial charge in [-0.1, -0.05) is 54.6 Å². The van der Waals surface area contributed by atoms with Crippen molar-refractivity contribution in [2.24, 2.45) is 0 Å². The average molecular weight is 514 g/mol. The lowest BCUT2D eigenvalue weighted by atomic mass is 10.1. The van der Waals surface area contributed by atoms with Crippen molar-refractivity contribution >= 4 is 40.8 Å². The number of anilines is 2. The Hall–Kier alpha value is -2.84. The third-order valence-electron chi connectivity index (χ3n) is 6.00. The third kappa shape index (κ3) is 6.64. The van der Waals surface area contributed by atoms with E-state index in [1.807, 2.05) is 50.2 Å². The molecular weight excluding hydrogens is 485 g/mol. The van der Waals surface area contributed by atoms with Crippen molar-refractivity contribution in [2.75, 3.05) is 36.0 Å². The molecule has 0 saturated carbocycles. The molecule has 6 nitrogen and oxygen atoms in total. The topological polar surface area (TPSA) is 61.4 Å². The van der Waals surface area contributed by atoms with Gasteiger partial charge in [0, 0.05) is 49.6 Å². The maximum atomic E-state index is 14.1. The summed E-state index contributed by atoms with van der Waals surface area (Å²) in [6, 6.07) is 16.4. The highest BCUT2D eigenvalue weighted by Crippen LogP contribution is 2.27. The summed E-state index contributed by atoms with van der Waals surface area (Å²) in [5.41, 5.74) is 2.28. The molecule has 1 N–H and O–H groups in total. The van der Waals surface area contributed by atoms with Crippen LogP contribution in [0.25, 0.3) is 0 Å². The number of benzene rings is 2. The van der Waals surface area contributed by atoms with Gasteiger partial charge in [-0.25, -0.2) is 14.4 Å². The number of halogens is 2. The highest BCUT2D eigenvalue weighted by molar-refractivity contribution is 7.98. The van der Waals surface area contributed by atoms with Gasteiger partial charge < -0.3 is 15.1 Å². The van der Waals surface area contributed by atoms with E-state index in [0.29, 0.717) is 53.5 Å². The molecule has 2 aromatic carbocycles.